The van der Waals surface area contributed by atoms with Gasteiger partial charge in [-0.3, -0.25) is 9.89 Å². The molecule has 1 heterocycles. The number of morpholine rings is 1. The van der Waals surface area contributed by atoms with Crippen molar-refractivity contribution in [3.05, 3.63) is 0 Å². The van der Waals surface area contributed by atoms with Gasteiger partial charge >= 0.3 is 0 Å². The fourth-order valence-electron chi connectivity index (χ4n) is 2.36. The fourth-order valence-corrected chi connectivity index (χ4v) is 2.36. The summed E-state index contributed by atoms with van der Waals surface area (Å²) in [5.41, 5.74) is 0. The third kappa shape index (κ3) is 7.10. The minimum atomic E-state index is 0.213. The zero-order valence-electron chi connectivity index (χ0n) is 13.8. The summed E-state index contributed by atoms with van der Waals surface area (Å²) in [7, 11) is 0. The normalized spacial score (nSPS) is 21.6. The molecule has 1 rings (SSSR count). The van der Waals surface area contributed by atoms with Crippen molar-refractivity contribution in [3.63, 3.8) is 0 Å². The Morgan fingerprint density at radius 2 is 2.10 bits per heavy atom. The minimum absolute atomic E-state index is 0.213. The number of aliphatic imine (C=N–C) groups is 1. The van der Waals surface area contributed by atoms with Crippen molar-refractivity contribution in [2.24, 2.45) is 10.9 Å². The topological polar surface area (TPSA) is 48.9 Å². The van der Waals surface area contributed by atoms with Crippen molar-refractivity contribution >= 4 is 5.96 Å². The van der Waals surface area contributed by atoms with E-state index in [1.807, 2.05) is 0 Å². The van der Waals surface area contributed by atoms with E-state index in [4.69, 9.17) is 4.74 Å². The summed E-state index contributed by atoms with van der Waals surface area (Å²) in [6.45, 7) is 16.4. The number of hydrogen-bond acceptors (Lipinski definition) is 3. The molecule has 1 atom stereocenters. The summed E-state index contributed by atoms with van der Waals surface area (Å²) in [5, 5.41) is 6.60. The van der Waals surface area contributed by atoms with Crippen molar-refractivity contribution in [1.29, 1.82) is 0 Å². The molecule has 1 aliphatic rings. The van der Waals surface area contributed by atoms with Gasteiger partial charge in [0.1, 0.15) is 0 Å². The predicted octanol–water partition coefficient (Wildman–Crippen LogP) is 1.31. The molecule has 0 amide bonds. The van der Waals surface area contributed by atoms with Gasteiger partial charge in [-0.05, 0) is 26.7 Å². The van der Waals surface area contributed by atoms with Crippen LogP contribution in [0.15, 0.2) is 4.99 Å². The fraction of sp³-hybridized carbons (Fsp3) is 0.933. The Balaban J connectivity index is 2.44. The van der Waals surface area contributed by atoms with E-state index in [1.165, 1.54) is 0 Å². The van der Waals surface area contributed by atoms with Crippen LogP contribution in [-0.4, -0.2) is 62.3 Å². The van der Waals surface area contributed by atoms with Gasteiger partial charge in [0.05, 0.1) is 19.3 Å². The first-order valence-corrected chi connectivity index (χ1v) is 7.90. The first-order chi connectivity index (χ1) is 9.51. The Bertz CT molecular complexity index is 292. The Kier molecular flexibility index (Phi) is 7.92. The van der Waals surface area contributed by atoms with Crippen LogP contribution in [0.2, 0.25) is 0 Å². The van der Waals surface area contributed by atoms with E-state index in [2.05, 4.69) is 55.1 Å². The summed E-state index contributed by atoms with van der Waals surface area (Å²) in [4.78, 5) is 7.12. The van der Waals surface area contributed by atoms with E-state index < -0.39 is 0 Å². The van der Waals surface area contributed by atoms with Crippen molar-refractivity contribution in [3.8, 4) is 0 Å². The third-order valence-corrected chi connectivity index (χ3v) is 3.07. The van der Waals surface area contributed by atoms with Gasteiger partial charge in [-0.15, -0.1) is 0 Å². The van der Waals surface area contributed by atoms with E-state index in [1.54, 1.807) is 0 Å². The average molecular weight is 284 g/mol. The van der Waals surface area contributed by atoms with E-state index in [0.29, 0.717) is 12.0 Å². The molecule has 20 heavy (non-hydrogen) atoms. The van der Waals surface area contributed by atoms with Gasteiger partial charge in [0.15, 0.2) is 5.96 Å². The molecular formula is C15H32N4O. The molecule has 2 N–H and O–H groups in total. The van der Waals surface area contributed by atoms with Crippen LogP contribution in [0.4, 0.5) is 0 Å². The summed E-state index contributed by atoms with van der Waals surface area (Å²) >= 11 is 0. The number of rotatable bonds is 6. The van der Waals surface area contributed by atoms with Gasteiger partial charge in [-0.1, -0.05) is 13.8 Å². The number of nitrogens with one attached hydrogen (secondary N) is 2. The Morgan fingerprint density at radius 1 is 1.35 bits per heavy atom. The van der Waals surface area contributed by atoms with Gasteiger partial charge in [0.25, 0.3) is 0 Å². The van der Waals surface area contributed by atoms with Crippen LogP contribution < -0.4 is 10.6 Å². The van der Waals surface area contributed by atoms with Crippen LogP contribution in [0, 0.1) is 5.92 Å². The van der Waals surface area contributed by atoms with Gasteiger partial charge in [-0.25, -0.2) is 0 Å². The van der Waals surface area contributed by atoms with E-state index in [0.717, 1.165) is 45.3 Å². The molecule has 118 valence electrons. The molecule has 0 aromatic rings. The summed E-state index contributed by atoms with van der Waals surface area (Å²) in [6.07, 6.45) is 0.213. The highest BCUT2D eigenvalue weighted by atomic mass is 16.5. The summed E-state index contributed by atoms with van der Waals surface area (Å²) in [6, 6.07) is 0.387. The lowest BCUT2D eigenvalue weighted by Gasteiger charge is -2.33. The Morgan fingerprint density at radius 3 is 2.70 bits per heavy atom. The second-order valence-electron chi connectivity index (χ2n) is 6.16. The second kappa shape index (κ2) is 9.19. The molecule has 0 radical (unpaired) electrons. The van der Waals surface area contributed by atoms with Gasteiger partial charge in [0.2, 0.25) is 0 Å². The molecule has 5 nitrogen and oxygen atoms in total. The average Bonchev–Trinajstić information content (AvgIpc) is 2.35. The molecule has 0 aliphatic carbocycles. The van der Waals surface area contributed by atoms with Crippen molar-refractivity contribution in [1.82, 2.24) is 15.5 Å². The van der Waals surface area contributed by atoms with E-state index in [9.17, 15) is 0 Å². The molecule has 1 fully saturated rings. The predicted molar refractivity (Wildman–Crippen MR) is 85.3 cm³/mol. The summed E-state index contributed by atoms with van der Waals surface area (Å²) < 4.78 is 5.82. The molecule has 5 heteroatoms. The second-order valence-corrected chi connectivity index (χ2v) is 6.16. The molecular weight excluding hydrogens is 252 g/mol. The number of ether oxygens (including phenoxy) is 1. The van der Waals surface area contributed by atoms with Crippen LogP contribution in [0.1, 0.15) is 34.6 Å². The van der Waals surface area contributed by atoms with Crippen LogP contribution in [0.5, 0.6) is 0 Å². The molecule has 1 aliphatic heterocycles. The van der Waals surface area contributed by atoms with E-state index in [-0.39, 0.29) is 6.10 Å². The third-order valence-electron chi connectivity index (χ3n) is 3.07. The standard InChI is InChI=1S/C15H32N4O/c1-6-16-15(18-13(4)5)17-9-14-11-19(7-8-20-14)10-12(2)3/h12-14H,6-11H2,1-5H3,(H2,16,17,18). The van der Waals surface area contributed by atoms with Gasteiger partial charge in [-0.2, -0.15) is 0 Å². The van der Waals surface area contributed by atoms with Crippen molar-refractivity contribution in [2.75, 3.05) is 39.3 Å². The molecule has 1 unspecified atom stereocenters. The first-order valence-electron chi connectivity index (χ1n) is 7.90. The zero-order chi connectivity index (χ0) is 15.0. The lowest BCUT2D eigenvalue weighted by molar-refractivity contribution is -0.0262. The number of guanidine groups is 1. The summed E-state index contributed by atoms with van der Waals surface area (Å²) in [5.74, 6) is 1.59. The molecule has 0 saturated carbocycles. The molecule has 1 saturated heterocycles. The Labute approximate surface area is 124 Å². The Hall–Kier alpha value is -0.810. The molecule has 0 aromatic carbocycles. The highest BCUT2D eigenvalue weighted by Crippen LogP contribution is 2.08. The lowest BCUT2D eigenvalue weighted by atomic mass is 10.2. The first kappa shape index (κ1) is 17.2. The number of hydrogen-bond donors (Lipinski definition) is 2. The van der Waals surface area contributed by atoms with Crippen molar-refractivity contribution < 1.29 is 4.74 Å². The lowest BCUT2D eigenvalue weighted by Crippen LogP contribution is -2.46. The smallest absolute Gasteiger partial charge is 0.191 e. The molecule has 0 aromatic heterocycles. The van der Waals surface area contributed by atoms with Crippen LogP contribution in [0.25, 0.3) is 0 Å². The molecule has 0 bridgehead atoms. The quantitative estimate of drug-likeness (QED) is 0.570. The SMILES string of the molecule is CCNC(=NCC1CN(CC(C)C)CCO1)NC(C)C. The monoisotopic (exact) mass is 284 g/mol. The molecule has 0 spiro atoms. The number of nitrogens with zero attached hydrogens (tertiary/aromatic N) is 2. The largest absolute Gasteiger partial charge is 0.374 e. The highest BCUT2D eigenvalue weighted by molar-refractivity contribution is 5.79. The van der Waals surface area contributed by atoms with Crippen LogP contribution in [-0.2, 0) is 4.74 Å². The maximum atomic E-state index is 5.82. The van der Waals surface area contributed by atoms with Gasteiger partial charge in [0, 0.05) is 32.2 Å². The van der Waals surface area contributed by atoms with Gasteiger partial charge < -0.3 is 15.4 Å². The van der Waals surface area contributed by atoms with E-state index >= 15 is 0 Å². The van der Waals surface area contributed by atoms with Crippen LogP contribution in [0.3, 0.4) is 0 Å². The maximum Gasteiger partial charge on any atom is 0.191 e. The minimum Gasteiger partial charge on any atom is -0.374 e. The highest BCUT2D eigenvalue weighted by Gasteiger charge is 2.20. The van der Waals surface area contributed by atoms with Crippen LogP contribution >= 0.6 is 0 Å². The zero-order valence-corrected chi connectivity index (χ0v) is 13.8. The maximum absolute atomic E-state index is 5.82. The van der Waals surface area contributed by atoms with Crippen molar-refractivity contribution in [2.45, 2.75) is 46.8 Å².